The van der Waals surface area contributed by atoms with Crippen molar-refractivity contribution < 1.29 is 4.74 Å². The molecule has 1 N–H and O–H groups in total. The number of aromatic amines is 1. The predicted octanol–water partition coefficient (Wildman–Crippen LogP) is 6.16. The van der Waals surface area contributed by atoms with E-state index in [1.165, 1.54) is 11.1 Å². The highest BCUT2D eigenvalue weighted by atomic mass is 16.5. The molecule has 0 atom stereocenters. The fourth-order valence-electron chi connectivity index (χ4n) is 3.79. The first-order chi connectivity index (χ1) is 13.1. The van der Waals surface area contributed by atoms with Crippen molar-refractivity contribution in [2.45, 2.75) is 13.8 Å². The van der Waals surface area contributed by atoms with Crippen LogP contribution in [0, 0.1) is 13.8 Å². The topological polar surface area (TPSA) is 37.9 Å². The van der Waals surface area contributed by atoms with Crippen molar-refractivity contribution in [2.75, 3.05) is 7.11 Å². The molecule has 0 unspecified atom stereocenters. The van der Waals surface area contributed by atoms with Crippen LogP contribution in [-0.4, -0.2) is 17.1 Å². The van der Waals surface area contributed by atoms with E-state index < -0.39 is 0 Å². The van der Waals surface area contributed by atoms with Gasteiger partial charge in [0.1, 0.15) is 5.75 Å². The van der Waals surface area contributed by atoms with E-state index in [9.17, 15) is 0 Å². The lowest BCUT2D eigenvalue weighted by Gasteiger charge is -2.09. The van der Waals surface area contributed by atoms with Gasteiger partial charge in [0, 0.05) is 27.2 Å². The van der Waals surface area contributed by atoms with Crippen molar-refractivity contribution in [1.82, 2.24) is 9.97 Å². The van der Waals surface area contributed by atoms with Crippen LogP contribution < -0.4 is 4.74 Å². The maximum Gasteiger partial charge on any atom is 0.119 e. The molecule has 0 fully saturated rings. The number of ether oxygens (including phenoxy) is 1. The van der Waals surface area contributed by atoms with Crippen molar-refractivity contribution in [3.05, 3.63) is 71.8 Å². The van der Waals surface area contributed by atoms with Gasteiger partial charge >= 0.3 is 0 Å². The van der Waals surface area contributed by atoms with E-state index >= 15 is 0 Å². The monoisotopic (exact) mass is 352 g/mol. The molecule has 0 aliphatic carbocycles. The number of hydrogen-bond donors (Lipinski definition) is 1. The number of rotatable bonds is 2. The molecule has 5 aromatic rings. The first-order valence-electron chi connectivity index (χ1n) is 9.11. The highest BCUT2D eigenvalue weighted by Crippen LogP contribution is 2.38. The van der Waals surface area contributed by atoms with E-state index in [0.29, 0.717) is 0 Å². The van der Waals surface area contributed by atoms with Gasteiger partial charge in [-0.1, -0.05) is 41.5 Å². The van der Waals surface area contributed by atoms with Crippen LogP contribution in [0.15, 0.2) is 60.7 Å². The van der Waals surface area contributed by atoms with Gasteiger partial charge in [0.15, 0.2) is 0 Å². The van der Waals surface area contributed by atoms with Crippen LogP contribution in [0.25, 0.3) is 44.0 Å². The van der Waals surface area contributed by atoms with E-state index in [2.05, 4.69) is 73.4 Å². The van der Waals surface area contributed by atoms with Gasteiger partial charge in [-0.25, -0.2) is 4.98 Å². The molecular weight excluding hydrogens is 332 g/mol. The SMILES string of the molecule is COc1ccc2[nH]c3c4cc(C)ccc4nc(-c4ccc(C)cc4)c3c2c1. The number of benzene rings is 3. The molecule has 0 radical (unpaired) electrons. The van der Waals surface area contributed by atoms with Crippen molar-refractivity contribution >= 4 is 32.7 Å². The van der Waals surface area contributed by atoms with Crippen LogP contribution in [0.2, 0.25) is 0 Å². The smallest absolute Gasteiger partial charge is 0.119 e. The van der Waals surface area contributed by atoms with Crippen LogP contribution >= 0.6 is 0 Å². The summed E-state index contributed by atoms with van der Waals surface area (Å²) in [6, 6.07) is 21.2. The van der Waals surface area contributed by atoms with E-state index in [1.54, 1.807) is 7.11 Å². The molecule has 3 nitrogen and oxygen atoms in total. The molecule has 0 aliphatic rings. The van der Waals surface area contributed by atoms with Gasteiger partial charge in [-0.3, -0.25) is 0 Å². The molecule has 3 aromatic carbocycles. The maximum absolute atomic E-state index is 5.47. The largest absolute Gasteiger partial charge is 0.497 e. The molecule has 0 saturated carbocycles. The van der Waals surface area contributed by atoms with E-state index in [-0.39, 0.29) is 0 Å². The number of hydrogen-bond acceptors (Lipinski definition) is 2. The normalized spacial score (nSPS) is 11.5. The number of H-pyrrole nitrogens is 1. The molecule has 0 bridgehead atoms. The summed E-state index contributed by atoms with van der Waals surface area (Å²) >= 11 is 0. The second-order valence-corrected chi connectivity index (χ2v) is 7.13. The Morgan fingerprint density at radius 2 is 1.59 bits per heavy atom. The molecule has 0 spiro atoms. The van der Waals surface area contributed by atoms with E-state index in [1.807, 2.05) is 6.07 Å². The molecule has 0 amide bonds. The minimum absolute atomic E-state index is 0.850. The van der Waals surface area contributed by atoms with Crippen LogP contribution in [0.3, 0.4) is 0 Å². The Labute approximate surface area is 157 Å². The molecule has 27 heavy (non-hydrogen) atoms. The summed E-state index contributed by atoms with van der Waals surface area (Å²) < 4.78 is 5.47. The number of aromatic nitrogens is 2. The predicted molar refractivity (Wildman–Crippen MR) is 113 cm³/mol. The lowest BCUT2D eigenvalue weighted by atomic mass is 10.0. The fraction of sp³-hybridized carbons (Fsp3) is 0.125. The quantitative estimate of drug-likeness (QED) is 0.413. The average Bonchev–Trinajstić information content (AvgIpc) is 3.07. The summed E-state index contributed by atoms with van der Waals surface area (Å²) in [5, 5.41) is 3.43. The number of pyridine rings is 1. The second kappa shape index (κ2) is 5.85. The lowest BCUT2D eigenvalue weighted by molar-refractivity contribution is 0.415. The number of nitrogens with zero attached hydrogens (tertiary/aromatic N) is 1. The summed E-state index contributed by atoms with van der Waals surface area (Å²) in [7, 11) is 1.70. The van der Waals surface area contributed by atoms with Crippen molar-refractivity contribution in [1.29, 1.82) is 0 Å². The zero-order valence-electron chi connectivity index (χ0n) is 15.6. The van der Waals surface area contributed by atoms with Crippen molar-refractivity contribution in [2.24, 2.45) is 0 Å². The second-order valence-electron chi connectivity index (χ2n) is 7.13. The summed E-state index contributed by atoms with van der Waals surface area (Å²) in [5.74, 6) is 0.850. The molecule has 2 aromatic heterocycles. The van der Waals surface area contributed by atoms with Crippen LogP contribution in [-0.2, 0) is 0 Å². The molecular formula is C24H20N2O. The van der Waals surface area contributed by atoms with Crippen LogP contribution in [0.5, 0.6) is 5.75 Å². The standard InChI is InChI=1S/C24H20N2O/c1-14-4-7-16(8-5-14)23-22-18-13-17(27-3)9-11-20(18)26-24(22)19-12-15(2)6-10-21(19)25-23/h4-13,26H,1-3H3. The fourth-order valence-corrected chi connectivity index (χ4v) is 3.79. The molecule has 0 aliphatic heterocycles. The van der Waals surface area contributed by atoms with Gasteiger partial charge in [0.05, 0.1) is 23.8 Å². The number of fused-ring (bicyclic) bond motifs is 5. The average molecular weight is 352 g/mol. The third-order valence-electron chi connectivity index (χ3n) is 5.22. The Morgan fingerprint density at radius 1 is 0.815 bits per heavy atom. The number of nitrogens with one attached hydrogen (secondary N) is 1. The van der Waals surface area contributed by atoms with Gasteiger partial charge < -0.3 is 9.72 Å². The zero-order valence-corrected chi connectivity index (χ0v) is 15.6. The van der Waals surface area contributed by atoms with Crippen LogP contribution in [0.1, 0.15) is 11.1 Å². The van der Waals surface area contributed by atoms with Gasteiger partial charge in [-0.05, 0) is 44.2 Å². The Kier molecular flexibility index (Phi) is 3.44. The summed E-state index contributed by atoms with van der Waals surface area (Å²) in [6.07, 6.45) is 0. The van der Waals surface area contributed by atoms with Gasteiger partial charge in [0.2, 0.25) is 0 Å². The van der Waals surface area contributed by atoms with Gasteiger partial charge in [-0.15, -0.1) is 0 Å². The maximum atomic E-state index is 5.47. The van der Waals surface area contributed by atoms with Gasteiger partial charge in [-0.2, -0.15) is 0 Å². The molecule has 2 heterocycles. The van der Waals surface area contributed by atoms with Crippen molar-refractivity contribution in [3.63, 3.8) is 0 Å². The first kappa shape index (κ1) is 15.9. The third kappa shape index (κ3) is 2.47. The van der Waals surface area contributed by atoms with Crippen LogP contribution in [0.4, 0.5) is 0 Å². The van der Waals surface area contributed by atoms with Gasteiger partial charge in [0.25, 0.3) is 0 Å². The summed E-state index contributed by atoms with van der Waals surface area (Å²) in [5.41, 5.74) is 7.81. The Balaban J connectivity index is 1.99. The third-order valence-corrected chi connectivity index (χ3v) is 5.22. The Hall–Kier alpha value is -3.33. The van der Waals surface area contributed by atoms with Crippen molar-refractivity contribution in [3.8, 4) is 17.0 Å². The number of aryl methyl sites for hydroxylation is 2. The lowest BCUT2D eigenvalue weighted by Crippen LogP contribution is -1.89. The Bertz CT molecular complexity index is 1310. The molecule has 132 valence electrons. The summed E-state index contributed by atoms with van der Waals surface area (Å²) in [6.45, 7) is 4.22. The highest BCUT2D eigenvalue weighted by molar-refractivity contribution is 6.21. The molecule has 0 saturated heterocycles. The summed E-state index contributed by atoms with van der Waals surface area (Å²) in [4.78, 5) is 8.69. The molecule has 5 rings (SSSR count). The minimum Gasteiger partial charge on any atom is -0.497 e. The zero-order chi connectivity index (χ0) is 18.5. The highest BCUT2D eigenvalue weighted by Gasteiger charge is 2.16. The first-order valence-corrected chi connectivity index (χ1v) is 9.11. The molecule has 3 heteroatoms. The minimum atomic E-state index is 0.850. The van der Waals surface area contributed by atoms with E-state index in [4.69, 9.17) is 9.72 Å². The number of methoxy groups -OCH3 is 1. The van der Waals surface area contributed by atoms with E-state index in [0.717, 1.165) is 49.7 Å². The Morgan fingerprint density at radius 3 is 2.37 bits per heavy atom.